The maximum Gasteiger partial charge on any atom is 0.254 e. The first-order valence-corrected chi connectivity index (χ1v) is 10.2. The van der Waals surface area contributed by atoms with Gasteiger partial charge < -0.3 is 31.6 Å². The zero-order valence-corrected chi connectivity index (χ0v) is 18.0. The largest absolute Gasteiger partial charge is 0.486 e. The maximum absolute atomic E-state index is 13.1. The summed E-state index contributed by atoms with van der Waals surface area (Å²) < 4.78 is 5.78. The van der Waals surface area contributed by atoms with Gasteiger partial charge in [0.25, 0.3) is 5.91 Å². The van der Waals surface area contributed by atoms with Gasteiger partial charge in [-0.25, -0.2) is 10.8 Å². The monoisotopic (exact) mass is 456 g/mol. The van der Waals surface area contributed by atoms with Crippen LogP contribution < -0.4 is 27.5 Å². The van der Waals surface area contributed by atoms with Gasteiger partial charge in [0, 0.05) is 35.3 Å². The lowest BCUT2D eigenvalue weighted by atomic mass is 10.1. The smallest absolute Gasteiger partial charge is 0.254 e. The number of benzene rings is 2. The van der Waals surface area contributed by atoms with Crippen molar-refractivity contribution in [3.8, 4) is 5.75 Å². The molecule has 0 fully saturated rings. The molecule has 32 heavy (non-hydrogen) atoms. The van der Waals surface area contributed by atoms with Gasteiger partial charge in [-0.2, -0.15) is 0 Å². The number of carbonyl (C=O) groups excluding carboxylic acids is 1. The minimum atomic E-state index is -0.233. The number of ether oxygens (including phenoxy) is 1. The van der Waals surface area contributed by atoms with Gasteiger partial charge in [-0.15, -0.1) is 0 Å². The highest BCUT2D eigenvalue weighted by atomic mass is 35.5. The Morgan fingerprint density at radius 2 is 1.91 bits per heavy atom. The molecule has 2 aromatic carbocycles. The summed E-state index contributed by atoms with van der Waals surface area (Å²) in [4.78, 5) is 18.7. The number of hydrogen-bond donors (Lipinski definition) is 5. The first kappa shape index (κ1) is 23.1. The zero-order valence-electron chi connectivity index (χ0n) is 17.3. The predicted octanol–water partition coefficient (Wildman–Crippen LogP) is 2.40. The third-order valence-corrected chi connectivity index (χ3v) is 5.10. The maximum atomic E-state index is 13.1. The Morgan fingerprint density at radius 1 is 1.16 bits per heavy atom. The van der Waals surface area contributed by atoms with Gasteiger partial charge in [0.05, 0.1) is 6.61 Å². The Hall–Kier alpha value is -3.53. The van der Waals surface area contributed by atoms with Crippen LogP contribution in [0.25, 0.3) is 0 Å². The third kappa shape index (κ3) is 5.58. The molecule has 0 saturated carbocycles. The molecule has 0 aliphatic carbocycles. The standard InChI is InChI=1S/C22H25ClN6O3/c23-17-7-6-15(22(31)29(8-9-30)12-14-4-2-1-3-5-14)10-16(17)13-32-18-11-19(24)27-21(28-26)20(18)25/h1-7,10-11,30H,8-9,12-13,25-26H2,(H3,24,27,28). The molecule has 1 aromatic heterocycles. The van der Waals surface area contributed by atoms with E-state index in [2.05, 4.69) is 10.4 Å². The Labute approximate surface area is 190 Å². The van der Waals surface area contributed by atoms with Crippen molar-refractivity contribution in [3.63, 3.8) is 0 Å². The van der Waals surface area contributed by atoms with E-state index in [9.17, 15) is 9.90 Å². The van der Waals surface area contributed by atoms with Crippen LogP contribution in [0.3, 0.4) is 0 Å². The molecule has 9 nitrogen and oxygen atoms in total. The van der Waals surface area contributed by atoms with Crippen LogP contribution in [0.1, 0.15) is 21.5 Å². The molecule has 1 heterocycles. The number of pyridine rings is 1. The molecule has 0 aliphatic rings. The van der Waals surface area contributed by atoms with E-state index in [1.807, 2.05) is 30.3 Å². The number of hydrazine groups is 1. The molecule has 10 heteroatoms. The van der Waals surface area contributed by atoms with E-state index in [-0.39, 0.29) is 48.7 Å². The first-order valence-electron chi connectivity index (χ1n) is 9.80. The molecule has 0 aliphatic heterocycles. The molecule has 0 spiro atoms. The number of carbonyl (C=O) groups is 1. The van der Waals surface area contributed by atoms with Crippen molar-refractivity contribution in [2.24, 2.45) is 5.84 Å². The summed E-state index contributed by atoms with van der Waals surface area (Å²) in [5.74, 6) is 5.81. The Balaban J connectivity index is 1.80. The number of nitrogens with one attached hydrogen (secondary N) is 1. The quantitative estimate of drug-likeness (QED) is 0.243. The van der Waals surface area contributed by atoms with Gasteiger partial charge in [-0.1, -0.05) is 41.9 Å². The summed E-state index contributed by atoms with van der Waals surface area (Å²) in [5, 5.41) is 9.86. The van der Waals surface area contributed by atoms with Crippen molar-refractivity contribution >= 4 is 34.8 Å². The van der Waals surface area contributed by atoms with Gasteiger partial charge in [0.1, 0.15) is 23.9 Å². The summed E-state index contributed by atoms with van der Waals surface area (Å²) >= 11 is 6.32. The van der Waals surface area contributed by atoms with E-state index in [1.54, 1.807) is 23.1 Å². The molecule has 168 valence electrons. The third-order valence-electron chi connectivity index (χ3n) is 4.73. The average molecular weight is 457 g/mol. The number of nitrogens with zero attached hydrogens (tertiary/aromatic N) is 2. The van der Waals surface area contributed by atoms with E-state index < -0.39 is 0 Å². The average Bonchev–Trinajstić information content (AvgIpc) is 2.80. The van der Waals surface area contributed by atoms with Gasteiger partial charge in [-0.3, -0.25) is 4.79 Å². The second kappa shape index (κ2) is 10.7. The molecule has 0 radical (unpaired) electrons. The number of amides is 1. The number of nitrogens with two attached hydrogens (primary N) is 3. The lowest BCUT2D eigenvalue weighted by molar-refractivity contribution is 0.0707. The highest BCUT2D eigenvalue weighted by Crippen LogP contribution is 2.31. The molecule has 3 rings (SSSR count). The van der Waals surface area contributed by atoms with Gasteiger partial charge in [-0.05, 0) is 23.8 Å². The number of rotatable bonds is 9. The van der Waals surface area contributed by atoms with Gasteiger partial charge in [0.15, 0.2) is 5.82 Å². The molecular weight excluding hydrogens is 432 g/mol. The molecule has 1 amide bonds. The topological polar surface area (TPSA) is 153 Å². The Kier molecular flexibility index (Phi) is 7.72. The summed E-state index contributed by atoms with van der Waals surface area (Å²) in [6.07, 6.45) is 0. The fourth-order valence-electron chi connectivity index (χ4n) is 3.11. The first-order chi connectivity index (χ1) is 15.4. The molecule has 8 N–H and O–H groups in total. The van der Waals surface area contributed by atoms with Crippen molar-refractivity contribution in [1.29, 1.82) is 0 Å². The van der Waals surface area contributed by atoms with Gasteiger partial charge in [0.2, 0.25) is 0 Å². The predicted molar refractivity (Wildman–Crippen MR) is 125 cm³/mol. The van der Waals surface area contributed by atoms with Crippen molar-refractivity contribution in [1.82, 2.24) is 9.88 Å². The highest BCUT2D eigenvalue weighted by Gasteiger charge is 2.18. The Bertz CT molecular complexity index is 1080. The number of aromatic nitrogens is 1. The number of anilines is 3. The van der Waals surface area contributed by atoms with Crippen molar-refractivity contribution in [3.05, 3.63) is 76.3 Å². The van der Waals surface area contributed by atoms with Crippen LogP contribution >= 0.6 is 11.6 Å². The summed E-state index contributed by atoms with van der Waals surface area (Å²) in [5.41, 5.74) is 16.3. The lowest BCUT2D eigenvalue weighted by Crippen LogP contribution is -2.33. The van der Waals surface area contributed by atoms with Gasteiger partial charge >= 0.3 is 0 Å². The summed E-state index contributed by atoms with van der Waals surface area (Å²) in [6, 6.07) is 16.0. The lowest BCUT2D eigenvalue weighted by Gasteiger charge is -2.22. The van der Waals surface area contributed by atoms with E-state index >= 15 is 0 Å². The SMILES string of the molecule is NNc1nc(N)cc(OCc2cc(C(=O)N(CCO)Cc3ccccc3)ccc2Cl)c1N. The molecule has 0 atom stereocenters. The number of aliphatic hydroxyl groups is 1. The van der Waals surface area contributed by atoms with E-state index in [0.29, 0.717) is 22.7 Å². The highest BCUT2D eigenvalue weighted by molar-refractivity contribution is 6.31. The molecule has 0 bridgehead atoms. The van der Waals surface area contributed by atoms with Crippen LogP contribution in [0.2, 0.25) is 5.02 Å². The van der Waals surface area contributed by atoms with Crippen molar-refractivity contribution in [2.45, 2.75) is 13.2 Å². The van der Waals surface area contributed by atoms with Crippen LogP contribution in [0.4, 0.5) is 17.3 Å². The second-order valence-electron chi connectivity index (χ2n) is 6.98. The Morgan fingerprint density at radius 3 is 2.59 bits per heavy atom. The number of halogens is 1. The number of aliphatic hydroxyl groups excluding tert-OH is 1. The molecule has 0 saturated heterocycles. The van der Waals surface area contributed by atoms with Crippen LogP contribution in [-0.2, 0) is 13.2 Å². The van der Waals surface area contributed by atoms with E-state index in [4.69, 9.17) is 33.6 Å². The molecule has 0 unspecified atom stereocenters. The van der Waals surface area contributed by atoms with E-state index in [1.165, 1.54) is 6.07 Å². The van der Waals surface area contributed by atoms with Crippen LogP contribution in [0, 0.1) is 0 Å². The molecule has 3 aromatic rings. The summed E-state index contributed by atoms with van der Waals surface area (Å²) in [7, 11) is 0. The van der Waals surface area contributed by atoms with Crippen LogP contribution in [0.5, 0.6) is 5.75 Å². The van der Waals surface area contributed by atoms with Crippen molar-refractivity contribution < 1.29 is 14.6 Å². The zero-order chi connectivity index (χ0) is 23.1. The number of hydrogen-bond acceptors (Lipinski definition) is 8. The minimum Gasteiger partial charge on any atom is -0.486 e. The molecular formula is C22H25ClN6O3. The summed E-state index contributed by atoms with van der Waals surface area (Å²) in [6.45, 7) is 0.457. The minimum absolute atomic E-state index is 0.0380. The van der Waals surface area contributed by atoms with Crippen LogP contribution in [0.15, 0.2) is 54.6 Å². The fraction of sp³-hybridized carbons (Fsp3) is 0.182. The van der Waals surface area contributed by atoms with Crippen molar-refractivity contribution in [2.75, 3.05) is 30.0 Å². The van der Waals surface area contributed by atoms with E-state index in [0.717, 1.165) is 5.56 Å². The normalized spacial score (nSPS) is 10.6. The fourth-order valence-corrected chi connectivity index (χ4v) is 3.29. The van der Waals surface area contributed by atoms with Crippen LogP contribution in [-0.4, -0.2) is 34.0 Å². The second-order valence-corrected chi connectivity index (χ2v) is 7.39. The number of nitrogen functional groups attached to an aromatic ring is 3.